The van der Waals surface area contributed by atoms with Crippen molar-refractivity contribution in [1.82, 2.24) is 10.2 Å². The van der Waals surface area contributed by atoms with Crippen molar-refractivity contribution in [2.24, 2.45) is 10.9 Å². The predicted molar refractivity (Wildman–Crippen MR) is 86.4 cm³/mol. The molecule has 1 saturated heterocycles. The second-order valence-corrected chi connectivity index (χ2v) is 5.58. The van der Waals surface area contributed by atoms with Gasteiger partial charge in [0, 0.05) is 26.2 Å². The number of likely N-dealkylation sites (tertiary alicyclic amines) is 1. The summed E-state index contributed by atoms with van der Waals surface area (Å²) in [6.07, 6.45) is 6.66. The highest BCUT2D eigenvalue weighted by atomic mass is 16.5. The van der Waals surface area contributed by atoms with Gasteiger partial charge in [-0.05, 0) is 26.2 Å². The van der Waals surface area contributed by atoms with Gasteiger partial charge in [0.05, 0.1) is 13.0 Å². The molecule has 0 atom stereocenters. The zero-order chi connectivity index (χ0) is 15.5. The van der Waals surface area contributed by atoms with Crippen LogP contribution in [-0.2, 0) is 9.53 Å². The number of carbonyl (C=O) groups excluding carboxylic acids is 1. The maximum Gasteiger partial charge on any atom is 0.308 e. The van der Waals surface area contributed by atoms with Gasteiger partial charge in [-0.25, -0.2) is 0 Å². The lowest BCUT2D eigenvalue weighted by Crippen LogP contribution is -2.46. The van der Waals surface area contributed by atoms with E-state index in [0.29, 0.717) is 0 Å². The van der Waals surface area contributed by atoms with Crippen LogP contribution in [0.2, 0.25) is 0 Å². The number of piperidine rings is 1. The molecule has 5 heteroatoms. The van der Waals surface area contributed by atoms with Crippen LogP contribution in [0.15, 0.2) is 4.99 Å². The highest BCUT2D eigenvalue weighted by Gasteiger charge is 2.26. The predicted octanol–water partition coefficient (Wildman–Crippen LogP) is 2.42. The molecule has 0 aromatic carbocycles. The maximum absolute atomic E-state index is 11.6. The molecular weight excluding hydrogens is 266 g/mol. The van der Waals surface area contributed by atoms with Crippen LogP contribution in [0.3, 0.4) is 0 Å². The summed E-state index contributed by atoms with van der Waals surface area (Å²) < 4.78 is 4.83. The largest absolute Gasteiger partial charge is 0.469 e. The number of carbonyl (C=O) groups is 1. The van der Waals surface area contributed by atoms with Crippen molar-refractivity contribution in [2.75, 3.05) is 33.3 Å². The van der Waals surface area contributed by atoms with E-state index in [0.717, 1.165) is 51.4 Å². The Bertz CT molecular complexity index is 323. The second kappa shape index (κ2) is 10.5. The van der Waals surface area contributed by atoms with E-state index in [9.17, 15) is 4.79 Å². The van der Waals surface area contributed by atoms with E-state index in [1.807, 2.05) is 0 Å². The average molecular weight is 297 g/mol. The molecule has 122 valence electrons. The Morgan fingerprint density at radius 3 is 2.52 bits per heavy atom. The van der Waals surface area contributed by atoms with Gasteiger partial charge in [-0.2, -0.15) is 0 Å². The van der Waals surface area contributed by atoms with Crippen LogP contribution in [0.5, 0.6) is 0 Å². The Hall–Kier alpha value is -1.26. The summed E-state index contributed by atoms with van der Waals surface area (Å²) in [5, 5.41) is 3.36. The fourth-order valence-corrected chi connectivity index (χ4v) is 2.64. The summed E-state index contributed by atoms with van der Waals surface area (Å²) >= 11 is 0. The van der Waals surface area contributed by atoms with E-state index in [1.54, 1.807) is 0 Å². The average Bonchev–Trinajstić information content (AvgIpc) is 2.53. The Balaban J connectivity index is 2.42. The molecule has 0 unspecified atom stereocenters. The summed E-state index contributed by atoms with van der Waals surface area (Å²) in [6.45, 7) is 7.83. The number of hydrogen-bond donors (Lipinski definition) is 1. The van der Waals surface area contributed by atoms with Crippen LogP contribution in [0.1, 0.15) is 52.4 Å². The minimum Gasteiger partial charge on any atom is -0.469 e. The normalized spacial score (nSPS) is 16.9. The zero-order valence-electron chi connectivity index (χ0n) is 13.9. The van der Waals surface area contributed by atoms with E-state index >= 15 is 0 Å². The first-order valence-corrected chi connectivity index (χ1v) is 8.34. The molecule has 0 spiro atoms. The Kier molecular flexibility index (Phi) is 8.87. The molecule has 1 aliphatic heterocycles. The molecule has 0 aliphatic carbocycles. The van der Waals surface area contributed by atoms with Crippen molar-refractivity contribution in [2.45, 2.75) is 52.4 Å². The van der Waals surface area contributed by atoms with Crippen LogP contribution in [0.25, 0.3) is 0 Å². The van der Waals surface area contributed by atoms with Crippen molar-refractivity contribution in [3.05, 3.63) is 0 Å². The minimum absolute atomic E-state index is 0.0543. The van der Waals surface area contributed by atoms with Gasteiger partial charge < -0.3 is 15.0 Å². The molecule has 1 heterocycles. The standard InChI is InChI=1S/C16H31N3O2/c1-4-6-7-8-11-18-16(17-5-2)19-12-9-14(10-13-19)15(20)21-3/h14H,4-13H2,1-3H3,(H,17,18). The van der Waals surface area contributed by atoms with E-state index in [-0.39, 0.29) is 11.9 Å². The second-order valence-electron chi connectivity index (χ2n) is 5.58. The Morgan fingerprint density at radius 1 is 1.24 bits per heavy atom. The molecule has 0 aromatic heterocycles. The number of guanidine groups is 1. The number of nitrogens with zero attached hydrogens (tertiary/aromatic N) is 2. The van der Waals surface area contributed by atoms with Gasteiger partial charge in [-0.1, -0.05) is 26.2 Å². The zero-order valence-corrected chi connectivity index (χ0v) is 13.9. The molecule has 0 saturated carbocycles. The summed E-state index contributed by atoms with van der Waals surface area (Å²) in [5.74, 6) is 0.979. The lowest BCUT2D eigenvalue weighted by atomic mass is 9.97. The van der Waals surface area contributed by atoms with Crippen LogP contribution >= 0.6 is 0 Å². The van der Waals surface area contributed by atoms with Crippen molar-refractivity contribution in [3.63, 3.8) is 0 Å². The number of unbranched alkanes of at least 4 members (excludes halogenated alkanes) is 3. The molecule has 0 aromatic rings. The van der Waals surface area contributed by atoms with Crippen molar-refractivity contribution < 1.29 is 9.53 Å². The fraction of sp³-hybridized carbons (Fsp3) is 0.875. The van der Waals surface area contributed by atoms with Crippen molar-refractivity contribution >= 4 is 11.9 Å². The third kappa shape index (κ3) is 6.36. The van der Waals surface area contributed by atoms with Gasteiger partial charge >= 0.3 is 5.97 Å². The highest BCUT2D eigenvalue weighted by molar-refractivity contribution is 5.80. The molecule has 0 bridgehead atoms. The van der Waals surface area contributed by atoms with Crippen molar-refractivity contribution in [3.8, 4) is 0 Å². The number of rotatable bonds is 7. The lowest BCUT2D eigenvalue weighted by molar-refractivity contribution is -0.146. The van der Waals surface area contributed by atoms with Crippen LogP contribution < -0.4 is 5.32 Å². The molecule has 21 heavy (non-hydrogen) atoms. The van der Waals surface area contributed by atoms with Gasteiger partial charge in [-0.3, -0.25) is 9.79 Å². The van der Waals surface area contributed by atoms with Crippen LogP contribution in [0, 0.1) is 5.92 Å². The van der Waals surface area contributed by atoms with Crippen molar-refractivity contribution in [1.29, 1.82) is 0 Å². The Labute approximate surface area is 129 Å². The quantitative estimate of drug-likeness (QED) is 0.339. The third-order valence-corrected chi connectivity index (χ3v) is 3.94. The van der Waals surface area contributed by atoms with E-state index in [1.165, 1.54) is 26.4 Å². The first kappa shape index (κ1) is 17.8. The van der Waals surface area contributed by atoms with E-state index in [4.69, 9.17) is 9.73 Å². The summed E-state index contributed by atoms with van der Waals surface area (Å²) in [4.78, 5) is 18.5. The first-order chi connectivity index (χ1) is 10.2. The number of nitrogens with one attached hydrogen (secondary N) is 1. The van der Waals surface area contributed by atoms with E-state index in [2.05, 4.69) is 24.1 Å². The smallest absolute Gasteiger partial charge is 0.308 e. The maximum atomic E-state index is 11.6. The Morgan fingerprint density at radius 2 is 1.95 bits per heavy atom. The molecule has 0 radical (unpaired) electrons. The number of aliphatic imine (C=N–C) groups is 1. The molecule has 5 nitrogen and oxygen atoms in total. The monoisotopic (exact) mass is 297 g/mol. The molecule has 0 amide bonds. The number of ether oxygens (including phenoxy) is 1. The first-order valence-electron chi connectivity index (χ1n) is 8.34. The van der Waals surface area contributed by atoms with Gasteiger partial charge in [0.15, 0.2) is 5.96 Å². The van der Waals surface area contributed by atoms with Gasteiger partial charge in [0.2, 0.25) is 0 Å². The lowest BCUT2D eigenvalue weighted by Gasteiger charge is -2.33. The number of esters is 1. The highest BCUT2D eigenvalue weighted by Crippen LogP contribution is 2.18. The van der Waals surface area contributed by atoms with Gasteiger partial charge in [-0.15, -0.1) is 0 Å². The SMILES string of the molecule is CCCCCCN=C(NCC)N1CCC(C(=O)OC)CC1. The van der Waals surface area contributed by atoms with Crippen LogP contribution in [0.4, 0.5) is 0 Å². The number of hydrogen-bond acceptors (Lipinski definition) is 3. The summed E-state index contributed by atoms with van der Waals surface area (Å²) in [6, 6.07) is 0. The minimum atomic E-state index is -0.0730. The molecule has 1 fully saturated rings. The van der Waals surface area contributed by atoms with Gasteiger partial charge in [0.25, 0.3) is 0 Å². The summed E-state index contributed by atoms with van der Waals surface area (Å²) in [5.41, 5.74) is 0. The molecular formula is C16H31N3O2. The van der Waals surface area contributed by atoms with Crippen LogP contribution in [-0.4, -0.2) is 50.1 Å². The van der Waals surface area contributed by atoms with Gasteiger partial charge in [0.1, 0.15) is 0 Å². The topological polar surface area (TPSA) is 53.9 Å². The molecule has 1 N–H and O–H groups in total. The molecule has 1 rings (SSSR count). The fourth-order valence-electron chi connectivity index (χ4n) is 2.64. The third-order valence-electron chi connectivity index (χ3n) is 3.94. The van der Waals surface area contributed by atoms with E-state index < -0.39 is 0 Å². The number of methoxy groups -OCH3 is 1. The summed E-state index contributed by atoms with van der Waals surface area (Å²) in [7, 11) is 1.47. The molecule has 1 aliphatic rings.